The van der Waals surface area contributed by atoms with Gasteiger partial charge in [-0.05, 0) is 125 Å². The number of unbranched alkanes of at least 4 members (excludes halogenated alkanes) is 1. The second-order valence-electron chi connectivity index (χ2n) is 33.5. The van der Waals surface area contributed by atoms with E-state index in [4.69, 9.17) is 22.9 Å². The molecule has 0 unspecified atom stereocenters. The summed E-state index contributed by atoms with van der Waals surface area (Å²) < 4.78 is 0. The number of nitrogens with zero attached hydrogens (tertiary/aromatic N) is 3. The Bertz CT molecular complexity index is 3800. The van der Waals surface area contributed by atoms with Gasteiger partial charge in [0.2, 0.25) is 94.5 Å². The van der Waals surface area contributed by atoms with Crippen molar-refractivity contribution in [1.82, 2.24) is 94.0 Å². The monoisotopic (exact) mass is 1710 g/mol. The largest absolute Gasteiger partial charge is 0.481 e. The van der Waals surface area contributed by atoms with Crippen LogP contribution in [0.5, 0.6) is 0 Å². The summed E-state index contributed by atoms with van der Waals surface area (Å²) in [5.41, 5.74) is 23.0. The lowest BCUT2D eigenvalue weighted by atomic mass is 9.97. The predicted octanol–water partition coefficient (Wildman–Crippen LogP) is -3.07. The number of hydrogen-bond acceptors (Lipinski definition) is 22. The van der Waals surface area contributed by atoms with Gasteiger partial charge in [-0.25, -0.2) is 14.8 Å². The van der Waals surface area contributed by atoms with Crippen molar-refractivity contribution in [3.05, 3.63) is 36.4 Å². The zero-order valence-corrected chi connectivity index (χ0v) is 72.0. The third-order valence-electron chi connectivity index (χ3n) is 19.6. The SMILES string of the molecule is CC(C)C[C@H](NC(=O)[C@H](Cc1cnc[nH]1)NC(=O)[C@H](CCC(N)=O)NC(=O)[C@@H]1CCCN1C(=O)[C@H](CC(C)C)NC(=O)[C@H](CC(N)=O)NC(=O)[C@H](Cc1cnc[nH]1)NC(=O)[C@@H](NC(=O)[C@H](CC(C)C)NC(=O)[C@H](CC(C)C)NC(=O)[C@H](CC(C)C)NC(=O)[C@@H](NC(=O)[C@H](CCC(=O)O)NC(=O)[C@H](CCCCN)NC(=O)CN)C(C)C)C(C)C)C(=O)O. The van der Waals surface area contributed by atoms with Crippen molar-refractivity contribution in [1.29, 1.82) is 0 Å². The first kappa shape index (κ1) is 104. The lowest BCUT2D eigenvalue weighted by Gasteiger charge is -2.32. The molecule has 3 heterocycles. The Kier molecular flexibility index (Phi) is 44.8. The maximum absolute atomic E-state index is 14.9. The third kappa shape index (κ3) is 37.5. The molecule has 0 saturated carbocycles. The average Bonchev–Trinajstić information content (AvgIpc) is 1.68. The van der Waals surface area contributed by atoms with Gasteiger partial charge in [0.1, 0.15) is 84.6 Å². The Morgan fingerprint density at radius 1 is 0.413 bits per heavy atom. The smallest absolute Gasteiger partial charge is 0.326 e. The summed E-state index contributed by atoms with van der Waals surface area (Å²) >= 11 is 0. The number of carbonyl (C=O) groups is 18. The highest BCUT2D eigenvalue weighted by atomic mass is 16.4. The van der Waals surface area contributed by atoms with E-state index in [1.54, 1.807) is 96.9 Å². The van der Waals surface area contributed by atoms with E-state index in [0.717, 1.165) is 0 Å². The molecule has 42 nitrogen and oxygen atoms in total. The summed E-state index contributed by atoms with van der Waals surface area (Å²) in [7, 11) is 0. The Hall–Kier alpha value is -11.2. The highest BCUT2D eigenvalue weighted by molar-refractivity contribution is 6.01. The van der Waals surface area contributed by atoms with Gasteiger partial charge in [0.15, 0.2) is 0 Å². The number of nitrogens with two attached hydrogens (primary N) is 4. The van der Waals surface area contributed by atoms with E-state index in [1.807, 2.05) is 0 Å². The zero-order valence-electron chi connectivity index (χ0n) is 72.0. The van der Waals surface area contributed by atoms with E-state index >= 15 is 0 Å². The van der Waals surface area contributed by atoms with E-state index < -0.39 is 235 Å². The number of carboxylic acids is 2. The number of rotatable bonds is 56. The molecule has 0 aliphatic carbocycles. The third-order valence-corrected chi connectivity index (χ3v) is 19.6. The van der Waals surface area contributed by atoms with Crippen LogP contribution >= 0.6 is 0 Å². The maximum Gasteiger partial charge on any atom is 0.326 e. The minimum Gasteiger partial charge on any atom is -0.481 e. The van der Waals surface area contributed by atoms with Crippen molar-refractivity contribution in [2.75, 3.05) is 19.6 Å². The number of carboxylic acid groups (broad SMARTS) is 2. The number of primary amides is 2. The molecule has 0 spiro atoms. The first-order valence-electron chi connectivity index (χ1n) is 41.4. The van der Waals surface area contributed by atoms with Crippen molar-refractivity contribution in [2.45, 2.75) is 291 Å². The van der Waals surface area contributed by atoms with Crippen LogP contribution in [0.3, 0.4) is 0 Å². The quantitative estimate of drug-likeness (QED) is 0.0292. The van der Waals surface area contributed by atoms with E-state index in [9.17, 15) is 96.5 Å². The van der Waals surface area contributed by atoms with Gasteiger partial charge in [-0.2, -0.15) is 0 Å². The number of aliphatic carboxylic acids is 2. The molecule has 121 heavy (non-hydrogen) atoms. The zero-order chi connectivity index (χ0) is 91.2. The molecule has 0 radical (unpaired) electrons. The van der Waals surface area contributed by atoms with E-state index in [2.05, 4.69) is 89.1 Å². The van der Waals surface area contributed by atoms with Crippen LogP contribution in [0.4, 0.5) is 0 Å². The van der Waals surface area contributed by atoms with Crippen LogP contribution in [0.25, 0.3) is 0 Å². The van der Waals surface area contributed by atoms with Crippen molar-refractivity contribution in [3.8, 4) is 0 Å². The topological polar surface area (TPSA) is 669 Å². The van der Waals surface area contributed by atoms with E-state index in [-0.39, 0.29) is 119 Å². The summed E-state index contributed by atoms with van der Waals surface area (Å²) in [4.78, 5) is 263. The molecule has 3 rings (SSSR count). The van der Waals surface area contributed by atoms with Crippen molar-refractivity contribution in [3.63, 3.8) is 0 Å². The lowest BCUT2D eigenvalue weighted by molar-refractivity contribution is -0.143. The molecule has 1 fully saturated rings. The molecule has 2 aromatic rings. The van der Waals surface area contributed by atoms with E-state index in [0.29, 0.717) is 18.5 Å². The van der Waals surface area contributed by atoms with Crippen LogP contribution < -0.4 is 92.1 Å². The molecule has 678 valence electrons. The first-order chi connectivity index (χ1) is 56.7. The Balaban J connectivity index is 1.93. The number of imidazole rings is 2. The van der Waals surface area contributed by atoms with Crippen molar-refractivity contribution in [2.24, 2.45) is 64.4 Å². The summed E-state index contributed by atoms with van der Waals surface area (Å²) in [6.45, 7) is 23.7. The molecule has 2 aromatic heterocycles. The number of amides is 16. The average molecular weight is 1710 g/mol. The predicted molar refractivity (Wildman–Crippen MR) is 440 cm³/mol. The number of hydrogen-bond donors (Lipinski definition) is 21. The minimum absolute atomic E-state index is 0.00127. The lowest BCUT2D eigenvalue weighted by Crippen LogP contribution is -2.62. The van der Waals surface area contributed by atoms with Gasteiger partial charge in [-0.15, -0.1) is 0 Å². The van der Waals surface area contributed by atoms with Gasteiger partial charge in [0, 0.05) is 56.0 Å². The molecule has 0 aromatic carbocycles. The number of likely N-dealkylation sites (tertiary alicyclic amines) is 1. The Morgan fingerprint density at radius 2 is 0.769 bits per heavy atom. The summed E-state index contributed by atoms with van der Waals surface area (Å²) in [6.07, 6.45) is 3.31. The maximum atomic E-state index is 14.9. The highest BCUT2D eigenvalue weighted by Gasteiger charge is 2.43. The Morgan fingerprint density at radius 3 is 1.18 bits per heavy atom. The normalized spacial score (nSPS) is 16.0. The van der Waals surface area contributed by atoms with Crippen LogP contribution in [-0.4, -0.2) is 246 Å². The molecular weight excluding hydrogens is 1580 g/mol. The second-order valence-corrected chi connectivity index (χ2v) is 33.5. The molecule has 0 bridgehead atoms. The molecular formula is C79H132N22O20. The summed E-state index contributed by atoms with van der Waals surface area (Å²) in [6, 6.07) is -20.2. The van der Waals surface area contributed by atoms with Crippen LogP contribution in [0.2, 0.25) is 0 Å². The van der Waals surface area contributed by atoms with Crippen LogP contribution in [-0.2, 0) is 99.1 Å². The van der Waals surface area contributed by atoms with Gasteiger partial charge >= 0.3 is 11.9 Å². The molecule has 25 N–H and O–H groups in total. The van der Waals surface area contributed by atoms with Gasteiger partial charge in [0.25, 0.3) is 0 Å². The number of aromatic nitrogens is 4. The second kappa shape index (κ2) is 52.1. The number of aromatic amines is 2. The highest BCUT2D eigenvalue weighted by Crippen LogP contribution is 2.23. The standard InChI is InChI=1S/C79H132N22O20/c1-39(2)26-51(91-70(111)52(27-40(3)4)95-76(117)64(44(11)12)99-68(109)50(21-23-63(105)106)89-66(107)48(18-15-16-24-80)88-62(104)34-81)69(110)92-53(28-41(5)6)74(115)100-65(45(13)14)77(118)96-55(32-47-36-85-38-87-47)71(112)94-56(33-61(83)103)73(114)97-57(29-42(7)8)78(119)101-25-17-19-59(101)75(116)90-49(20-22-60(82)102)67(108)93-54(31-46-35-84-37-86-46)72(113)98-58(79(120)121)30-43(9)10/h35-45,48-59,64-65H,15-34,80-81H2,1-14H3,(H2,82,102)(H2,83,103)(H,84,86)(H,85,87)(H,88,104)(H,89,107)(H,90,116)(H,91,111)(H,92,110)(H,93,108)(H,94,112)(H,95,117)(H,96,118)(H,97,114)(H,98,113)(H,99,109)(H,100,115)(H,105,106)(H,120,121)/t48-,49-,50-,51-,52-,53-,54-,55-,56-,57-,58-,59-,64-,65-/m0/s1. The van der Waals surface area contributed by atoms with Crippen LogP contribution in [0.1, 0.15) is 205 Å². The van der Waals surface area contributed by atoms with Gasteiger partial charge in [-0.1, -0.05) is 96.9 Å². The molecule has 16 amide bonds. The van der Waals surface area contributed by atoms with Crippen LogP contribution in [0.15, 0.2) is 25.0 Å². The van der Waals surface area contributed by atoms with Crippen LogP contribution in [0, 0.1) is 41.4 Å². The summed E-state index contributed by atoms with van der Waals surface area (Å²) in [5.74, 6) is -19.8. The van der Waals surface area contributed by atoms with Crippen molar-refractivity contribution < 1.29 is 96.5 Å². The summed E-state index contributed by atoms with van der Waals surface area (Å²) in [5, 5.41) is 53.3. The van der Waals surface area contributed by atoms with Crippen molar-refractivity contribution >= 4 is 106 Å². The fourth-order valence-corrected chi connectivity index (χ4v) is 13.4. The number of H-pyrrole nitrogens is 2. The number of carbonyl (C=O) groups excluding carboxylic acids is 16. The van der Waals surface area contributed by atoms with Gasteiger partial charge < -0.3 is 117 Å². The molecule has 1 aliphatic heterocycles. The Labute approximate surface area is 705 Å². The van der Waals surface area contributed by atoms with Gasteiger partial charge in [-0.3, -0.25) is 81.5 Å². The molecule has 1 aliphatic rings. The van der Waals surface area contributed by atoms with E-state index in [1.165, 1.54) is 29.9 Å². The minimum atomic E-state index is -1.83. The number of nitrogens with one attached hydrogen (secondary N) is 15. The fourth-order valence-electron chi connectivity index (χ4n) is 13.4. The molecule has 14 atom stereocenters. The first-order valence-corrected chi connectivity index (χ1v) is 41.4. The van der Waals surface area contributed by atoms with Gasteiger partial charge in [0.05, 0.1) is 25.6 Å². The fraction of sp³-hybridized carbons (Fsp3) is 0.696. The molecule has 1 saturated heterocycles. The molecule has 42 heteroatoms.